The second kappa shape index (κ2) is 9.13. The van der Waals surface area contributed by atoms with Crippen molar-refractivity contribution in [3.8, 4) is 11.4 Å². The highest BCUT2D eigenvalue weighted by Gasteiger charge is 2.19. The topological polar surface area (TPSA) is 99.3 Å². The molecule has 0 aliphatic carbocycles. The van der Waals surface area contributed by atoms with Crippen molar-refractivity contribution < 1.29 is 0 Å². The Balaban J connectivity index is 0.00000210. The maximum absolute atomic E-state index is 6.21. The van der Waals surface area contributed by atoms with Crippen LogP contribution in [0.3, 0.4) is 0 Å². The lowest BCUT2D eigenvalue weighted by atomic mass is 10.1. The molecule has 1 aliphatic rings. The molecule has 3 heterocycles. The number of nitrogens with two attached hydrogens (primary N) is 1. The van der Waals surface area contributed by atoms with Crippen molar-refractivity contribution in [3.05, 3.63) is 47.7 Å². The Hall–Kier alpha value is -2.21. The molecular weight excluding hydrogens is 475 g/mol. The van der Waals surface area contributed by atoms with E-state index >= 15 is 0 Å². The maximum atomic E-state index is 6.21. The van der Waals surface area contributed by atoms with Crippen molar-refractivity contribution in [2.24, 2.45) is 10.7 Å². The van der Waals surface area contributed by atoms with Gasteiger partial charge in [0, 0.05) is 43.3 Å². The predicted molar refractivity (Wildman–Crippen MR) is 118 cm³/mol. The molecule has 1 saturated heterocycles. The summed E-state index contributed by atoms with van der Waals surface area (Å²) in [5.41, 5.74) is 8.29. The van der Waals surface area contributed by atoms with Gasteiger partial charge >= 0.3 is 0 Å². The van der Waals surface area contributed by atoms with Gasteiger partial charge in [0.05, 0.1) is 6.54 Å². The van der Waals surface area contributed by atoms with E-state index in [1.807, 2.05) is 29.8 Å². The number of hydrogen-bond donors (Lipinski definition) is 2. The van der Waals surface area contributed by atoms with Crippen LogP contribution in [-0.2, 0) is 6.54 Å². The number of halogens is 1. The van der Waals surface area contributed by atoms with E-state index in [9.17, 15) is 0 Å². The van der Waals surface area contributed by atoms with Crippen LogP contribution in [0.25, 0.3) is 11.4 Å². The van der Waals surface area contributed by atoms with Crippen LogP contribution in [0.5, 0.6) is 0 Å². The third-order valence-electron chi connectivity index (χ3n) is 4.33. The molecule has 8 nitrogen and oxygen atoms in total. The van der Waals surface area contributed by atoms with E-state index in [1.165, 1.54) is 6.33 Å². The van der Waals surface area contributed by atoms with Crippen molar-refractivity contribution in [1.82, 2.24) is 25.1 Å². The summed E-state index contributed by atoms with van der Waals surface area (Å²) < 4.78 is 0. The van der Waals surface area contributed by atoms with E-state index in [2.05, 4.69) is 41.0 Å². The molecule has 4 rings (SSSR count). The third-order valence-corrected chi connectivity index (χ3v) is 5.16. The van der Waals surface area contributed by atoms with Gasteiger partial charge in [0.2, 0.25) is 0 Å². The van der Waals surface area contributed by atoms with Gasteiger partial charge in [-0.1, -0.05) is 18.2 Å². The van der Waals surface area contributed by atoms with E-state index < -0.39 is 0 Å². The molecule has 0 spiro atoms. The lowest BCUT2D eigenvalue weighted by Gasteiger charge is -2.35. The Morgan fingerprint density at radius 1 is 1.22 bits per heavy atom. The molecule has 1 aromatic carbocycles. The zero-order chi connectivity index (χ0) is 17.8. The number of rotatable bonds is 4. The molecular formula is C17H21IN8S. The molecule has 0 bridgehead atoms. The van der Waals surface area contributed by atoms with Crippen LogP contribution in [0.2, 0.25) is 0 Å². The van der Waals surface area contributed by atoms with Crippen molar-refractivity contribution in [3.63, 3.8) is 0 Å². The Bertz CT molecular complexity index is 857. The lowest BCUT2D eigenvalue weighted by Crippen LogP contribution is -2.51. The van der Waals surface area contributed by atoms with Gasteiger partial charge in [-0.2, -0.15) is 5.10 Å². The van der Waals surface area contributed by atoms with Gasteiger partial charge in [0.1, 0.15) is 6.33 Å². The zero-order valence-electron chi connectivity index (χ0n) is 14.7. The first-order valence-corrected chi connectivity index (χ1v) is 9.31. The van der Waals surface area contributed by atoms with E-state index in [4.69, 9.17) is 5.73 Å². The van der Waals surface area contributed by atoms with Crippen LogP contribution < -0.4 is 10.6 Å². The minimum atomic E-state index is 0. The fourth-order valence-corrected chi connectivity index (χ4v) is 3.63. The highest BCUT2D eigenvalue weighted by atomic mass is 127. The smallest absolute Gasteiger partial charge is 0.191 e. The molecule has 27 heavy (non-hydrogen) atoms. The fourth-order valence-electron chi connectivity index (χ4n) is 2.93. The first kappa shape index (κ1) is 19.5. The summed E-state index contributed by atoms with van der Waals surface area (Å²) in [4.78, 5) is 17.5. The minimum absolute atomic E-state index is 0. The summed E-state index contributed by atoms with van der Waals surface area (Å²) in [6.07, 6.45) is 3.35. The summed E-state index contributed by atoms with van der Waals surface area (Å²) in [6, 6.07) is 8.08. The molecule has 0 amide bonds. The Morgan fingerprint density at radius 3 is 2.78 bits per heavy atom. The number of aromatic amines is 1. The first-order valence-electron chi connectivity index (χ1n) is 8.43. The minimum Gasteiger partial charge on any atom is -0.370 e. The quantitative estimate of drug-likeness (QED) is 0.327. The van der Waals surface area contributed by atoms with Crippen molar-refractivity contribution in [2.45, 2.75) is 6.54 Å². The van der Waals surface area contributed by atoms with Crippen LogP contribution in [0, 0.1) is 0 Å². The second-order valence-corrected chi connectivity index (χ2v) is 6.87. The SMILES string of the molecule is I.NC(=NCc1cccc(-c2ncn[nH]2)c1)N1CCN(c2nccs2)CC1. The van der Waals surface area contributed by atoms with E-state index in [-0.39, 0.29) is 24.0 Å². The van der Waals surface area contributed by atoms with Gasteiger partial charge in [0.15, 0.2) is 16.9 Å². The highest BCUT2D eigenvalue weighted by molar-refractivity contribution is 14.0. The Morgan fingerprint density at radius 2 is 2.07 bits per heavy atom. The standard InChI is InChI=1S/C17H20N8S.HI/c18-16(24-5-7-25(8-6-24)17-19-4-9-26-17)20-11-13-2-1-3-14(10-13)15-21-12-22-23-15;/h1-4,9-10,12H,5-8,11H2,(H2,18,20)(H,21,22,23);1H. The van der Waals surface area contributed by atoms with E-state index in [0.717, 1.165) is 48.3 Å². The predicted octanol–water partition coefficient (Wildman–Crippen LogP) is 2.18. The fraction of sp³-hybridized carbons (Fsp3) is 0.294. The van der Waals surface area contributed by atoms with Crippen molar-refractivity contribution in [1.29, 1.82) is 0 Å². The second-order valence-electron chi connectivity index (χ2n) is 6.00. The molecule has 1 aliphatic heterocycles. The van der Waals surface area contributed by atoms with Crippen molar-refractivity contribution in [2.75, 3.05) is 31.1 Å². The number of aliphatic imine (C=N–C) groups is 1. The number of nitrogens with zero attached hydrogens (tertiary/aromatic N) is 6. The number of thiazole rings is 1. The number of guanidine groups is 1. The van der Waals surface area contributed by atoms with Crippen LogP contribution in [0.1, 0.15) is 5.56 Å². The summed E-state index contributed by atoms with van der Waals surface area (Å²) in [7, 11) is 0. The number of benzene rings is 1. The molecule has 3 N–H and O–H groups in total. The van der Waals surface area contributed by atoms with Gasteiger partial charge in [-0.15, -0.1) is 35.3 Å². The number of nitrogens with one attached hydrogen (secondary N) is 1. The third kappa shape index (κ3) is 4.75. The number of anilines is 1. The molecule has 10 heteroatoms. The number of hydrogen-bond acceptors (Lipinski definition) is 6. The molecule has 0 unspecified atom stereocenters. The Labute approximate surface area is 178 Å². The average Bonchev–Trinajstić information content (AvgIpc) is 3.40. The van der Waals surface area contributed by atoms with Crippen molar-refractivity contribution >= 4 is 46.4 Å². The monoisotopic (exact) mass is 496 g/mol. The summed E-state index contributed by atoms with van der Waals surface area (Å²) in [5.74, 6) is 1.34. The van der Waals surface area contributed by atoms with Crippen LogP contribution in [0.15, 0.2) is 47.2 Å². The largest absolute Gasteiger partial charge is 0.370 e. The molecule has 0 radical (unpaired) electrons. The molecule has 1 fully saturated rings. The zero-order valence-corrected chi connectivity index (χ0v) is 17.8. The molecule has 142 valence electrons. The number of aromatic nitrogens is 4. The van der Waals surface area contributed by atoms with E-state index in [0.29, 0.717) is 12.5 Å². The molecule has 0 atom stereocenters. The summed E-state index contributed by atoms with van der Waals surface area (Å²) in [6.45, 7) is 4.07. The van der Waals surface area contributed by atoms with Gasteiger partial charge in [-0.25, -0.2) is 15.0 Å². The van der Waals surface area contributed by atoms with E-state index in [1.54, 1.807) is 11.3 Å². The molecule has 0 saturated carbocycles. The molecule has 2 aromatic heterocycles. The highest BCUT2D eigenvalue weighted by Crippen LogP contribution is 2.19. The maximum Gasteiger partial charge on any atom is 0.191 e. The summed E-state index contributed by atoms with van der Waals surface area (Å²) >= 11 is 1.67. The number of piperazine rings is 1. The first-order chi connectivity index (χ1) is 12.8. The normalized spacial score (nSPS) is 14.9. The van der Waals surface area contributed by atoms with Gasteiger partial charge < -0.3 is 15.5 Å². The van der Waals surface area contributed by atoms with Gasteiger partial charge in [-0.3, -0.25) is 5.10 Å². The Kier molecular flexibility index (Phi) is 6.61. The molecule has 3 aromatic rings. The van der Waals surface area contributed by atoms with Crippen LogP contribution in [0.4, 0.5) is 5.13 Å². The lowest BCUT2D eigenvalue weighted by molar-refractivity contribution is 0.380. The average molecular weight is 496 g/mol. The van der Waals surface area contributed by atoms with Crippen LogP contribution >= 0.6 is 35.3 Å². The number of H-pyrrole nitrogens is 1. The summed E-state index contributed by atoms with van der Waals surface area (Å²) in [5, 5.41) is 9.84. The van der Waals surface area contributed by atoms with Gasteiger partial charge in [0.25, 0.3) is 0 Å². The van der Waals surface area contributed by atoms with Gasteiger partial charge in [-0.05, 0) is 11.6 Å². The van der Waals surface area contributed by atoms with Crippen LogP contribution in [-0.4, -0.2) is 57.2 Å².